The number of hydrogen-bond donors (Lipinski definition) is 0. The number of carbonyl (C=O) groups is 1. The summed E-state index contributed by atoms with van der Waals surface area (Å²) in [6.45, 7) is 0.808. The molecule has 0 saturated carbocycles. The van der Waals surface area contributed by atoms with E-state index in [2.05, 4.69) is 10.1 Å². The van der Waals surface area contributed by atoms with Crippen molar-refractivity contribution in [1.82, 2.24) is 19.3 Å². The van der Waals surface area contributed by atoms with Gasteiger partial charge in [-0.05, 0) is 42.5 Å². The zero-order chi connectivity index (χ0) is 23.4. The summed E-state index contributed by atoms with van der Waals surface area (Å²) < 4.78 is 50.5. The minimum atomic E-state index is -3.80. The molecule has 0 aliphatic carbocycles. The number of ether oxygens (including phenoxy) is 1. The highest BCUT2D eigenvalue weighted by Gasteiger charge is 2.30. The van der Waals surface area contributed by atoms with Crippen LogP contribution in [0.1, 0.15) is 12.3 Å². The summed E-state index contributed by atoms with van der Waals surface area (Å²) in [5.41, 5.74) is 0.771. The van der Waals surface area contributed by atoms with Gasteiger partial charge >= 0.3 is 0 Å². The van der Waals surface area contributed by atoms with E-state index in [1.54, 1.807) is 24.1 Å². The Kier molecular flexibility index (Phi) is 6.70. The number of hydrogen-bond acceptors (Lipinski definition) is 7. The van der Waals surface area contributed by atoms with Gasteiger partial charge in [0.1, 0.15) is 11.6 Å². The molecular weight excluding hydrogens is 451 g/mol. The van der Waals surface area contributed by atoms with E-state index in [0.29, 0.717) is 11.7 Å². The molecule has 0 unspecified atom stereocenters. The molecule has 1 saturated heterocycles. The van der Waals surface area contributed by atoms with Crippen molar-refractivity contribution in [3.63, 3.8) is 0 Å². The largest absolute Gasteiger partial charge is 0.497 e. The lowest BCUT2D eigenvalue weighted by Gasteiger charge is -2.34. The van der Waals surface area contributed by atoms with E-state index in [1.807, 2.05) is 12.1 Å². The van der Waals surface area contributed by atoms with E-state index < -0.39 is 15.8 Å². The van der Waals surface area contributed by atoms with E-state index in [0.717, 1.165) is 17.4 Å². The first-order valence-corrected chi connectivity index (χ1v) is 11.8. The molecule has 4 rings (SSSR count). The van der Waals surface area contributed by atoms with E-state index in [9.17, 15) is 17.6 Å². The average Bonchev–Trinajstić information content (AvgIpc) is 3.32. The summed E-state index contributed by atoms with van der Waals surface area (Å²) in [4.78, 5) is 18.4. The highest BCUT2D eigenvalue weighted by Crippen LogP contribution is 2.21. The number of amides is 1. The summed E-state index contributed by atoms with van der Waals surface area (Å²) in [5, 5.41) is 3.95. The molecule has 174 valence electrons. The van der Waals surface area contributed by atoms with Gasteiger partial charge in [0.2, 0.25) is 27.6 Å². The molecule has 2 heterocycles. The van der Waals surface area contributed by atoms with E-state index >= 15 is 0 Å². The normalized spacial score (nSPS) is 14.9. The van der Waals surface area contributed by atoms with Crippen molar-refractivity contribution in [3.8, 4) is 17.1 Å². The van der Waals surface area contributed by atoms with Gasteiger partial charge in [-0.2, -0.15) is 9.29 Å². The van der Waals surface area contributed by atoms with Gasteiger partial charge in [0.15, 0.2) is 0 Å². The van der Waals surface area contributed by atoms with Crippen molar-refractivity contribution in [2.24, 2.45) is 0 Å². The highest BCUT2D eigenvalue weighted by molar-refractivity contribution is 7.89. The molecule has 1 aromatic heterocycles. The number of methoxy groups -OCH3 is 1. The van der Waals surface area contributed by atoms with Crippen molar-refractivity contribution in [3.05, 3.63) is 60.2 Å². The Morgan fingerprint density at radius 3 is 2.52 bits per heavy atom. The number of sulfonamides is 1. The van der Waals surface area contributed by atoms with Crippen LogP contribution in [0.15, 0.2) is 57.9 Å². The zero-order valence-corrected chi connectivity index (χ0v) is 18.8. The second kappa shape index (κ2) is 9.67. The molecule has 0 N–H and O–H groups in total. The maximum absolute atomic E-state index is 13.4. The molecule has 33 heavy (non-hydrogen) atoms. The minimum Gasteiger partial charge on any atom is -0.497 e. The van der Waals surface area contributed by atoms with Gasteiger partial charge in [-0.1, -0.05) is 11.2 Å². The predicted molar refractivity (Wildman–Crippen MR) is 116 cm³/mol. The molecule has 0 spiro atoms. The van der Waals surface area contributed by atoms with Gasteiger partial charge < -0.3 is 14.2 Å². The average molecular weight is 475 g/mol. The molecule has 1 fully saturated rings. The fraction of sp³-hybridized carbons (Fsp3) is 0.318. The summed E-state index contributed by atoms with van der Waals surface area (Å²) in [7, 11) is -2.22. The number of halogens is 1. The van der Waals surface area contributed by atoms with Crippen LogP contribution in [-0.4, -0.2) is 67.0 Å². The number of rotatable bonds is 7. The maximum Gasteiger partial charge on any atom is 0.243 e. The third kappa shape index (κ3) is 5.20. The Bertz CT molecular complexity index is 1220. The summed E-state index contributed by atoms with van der Waals surface area (Å²) in [5.74, 6) is 0.762. The Morgan fingerprint density at radius 1 is 1.12 bits per heavy atom. The quantitative estimate of drug-likeness (QED) is 0.518. The van der Waals surface area contributed by atoms with Crippen molar-refractivity contribution in [1.29, 1.82) is 0 Å². The highest BCUT2D eigenvalue weighted by atomic mass is 32.2. The lowest BCUT2D eigenvalue weighted by Crippen LogP contribution is -2.50. The van der Waals surface area contributed by atoms with Gasteiger partial charge in [0.05, 0.1) is 12.0 Å². The van der Waals surface area contributed by atoms with Crippen LogP contribution in [0.2, 0.25) is 0 Å². The molecule has 11 heteroatoms. The maximum atomic E-state index is 13.4. The third-order valence-electron chi connectivity index (χ3n) is 5.39. The first-order chi connectivity index (χ1) is 15.9. The molecule has 9 nitrogen and oxygen atoms in total. The third-order valence-corrected chi connectivity index (χ3v) is 7.29. The van der Waals surface area contributed by atoms with Crippen molar-refractivity contribution in [2.45, 2.75) is 17.7 Å². The minimum absolute atomic E-state index is 0.0914. The molecular formula is C22H23FN4O5S. The molecule has 0 atom stereocenters. The molecule has 3 aromatic rings. The first kappa shape index (κ1) is 22.9. The van der Waals surface area contributed by atoms with Crippen LogP contribution >= 0.6 is 0 Å². The Labute approximate surface area is 190 Å². The van der Waals surface area contributed by atoms with Crippen molar-refractivity contribution in [2.75, 3.05) is 33.3 Å². The first-order valence-electron chi connectivity index (χ1n) is 10.4. The SMILES string of the molecule is COc1ccc(-c2noc(CCC(=O)N3CCN(S(=O)(=O)c4cccc(F)c4)CC3)n2)cc1. The number of piperazine rings is 1. The predicted octanol–water partition coefficient (Wildman–Crippen LogP) is 2.35. The fourth-order valence-corrected chi connectivity index (χ4v) is 4.99. The Hall–Kier alpha value is -3.31. The molecule has 1 aliphatic rings. The second-order valence-electron chi connectivity index (χ2n) is 7.48. The monoisotopic (exact) mass is 474 g/mol. The van der Waals surface area contributed by atoms with Gasteiger partial charge in [-0.25, -0.2) is 12.8 Å². The number of aryl methyl sites for hydroxylation is 1. The van der Waals surface area contributed by atoms with Crippen LogP contribution in [0.4, 0.5) is 4.39 Å². The topological polar surface area (TPSA) is 106 Å². The lowest BCUT2D eigenvalue weighted by atomic mass is 10.2. The van der Waals surface area contributed by atoms with Gasteiger partial charge in [-0.3, -0.25) is 4.79 Å². The Morgan fingerprint density at radius 2 is 1.85 bits per heavy atom. The van der Waals surface area contributed by atoms with Gasteiger partial charge in [0.25, 0.3) is 0 Å². The number of carbonyl (C=O) groups excluding carboxylic acids is 1. The molecule has 2 aromatic carbocycles. The summed E-state index contributed by atoms with van der Waals surface area (Å²) >= 11 is 0. The molecule has 1 aliphatic heterocycles. The van der Waals surface area contributed by atoms with Crippen LogP contribution in [0.3, 0.4) is 0 Å². The summed E-state index contributed by atoms with van der Waals surface area (Å²) in [6, 6.07) is 12.1. The van der Waals surface area contributed by atoms with Crippen molar-refractivity contribution >= 4 is 15.9 Å². The number of aromatic nitrogens is 2. The zero-order valence-electron chi connectivity index (χ0n) is 18.0. The molecule has 1 amide bonds. The van der Waals surface area contributed by atoms with Crippen LogP contribution < -0.4 is 4.74 Å². The van der Waals surface area contributed by atoms with Crippen LogP contribution in [-0.2, 0) is 21.2 Å². The standard InChI is InChI=1S/C22H23FN4O5S/c1-31-18-7-5-16(6-8-18)22-24-20(32-25-22)9-10-21(28)26-11-13-27(14-12-26)33(29,30)19-4-2-3-17(23)15-19/h2-8,15H,9-14H2,1H3. The second-order valence-corrected chi connectivity index (χ2v) is 9.42. The summed E-state index contributed by atoms with van der Waals surface area (Å²) in [6.07, 6.45) is 0.449. The van der Waals surface area contributed by atoms with E-state index in [-0.39, 0.29) is 49.8 Å². The van der Waals surface area contributed by atoms with Gasteiger partial charge in [-0.15, -0.1) is 0 Å². The number of benzene rings is 2. The van der Waals surface area contributed by atoms with Crippen LogP contribution in [0, 0.1) is 5.82 Å². The van der Waals surface area contributed by atoms with E-state index in [1.165, 1.54) is 22.5 Å². The van der Waals surface area contributed by atoms with Gasteiger partial charge in [0, 0.05) is 44.6 Å². The Balaban J connectivity index is 1.29. The van der Waals surface area contributed by atoms with Crippen LogP contribution in [0.5, 0.6) is 5.75 Å². The lowest BCUT2D eigenvalue weighted by molar-refractivity contribution is -0.132. The van der Waals surface area contributed by atoms with E-state index in [4.69, 9.17) is 9.26 Å². The molecule has 0 radical (unpaired) electrons. The van der Waals surface area contributed by atoms with Crippen LogP contribution in [0.25, 0.3) is 11.4 Å². The molecule has 0 bridgehead atoms. The van der Waals surface area contributed by atoms with Crippen molar-refractivity contribution < 1.29 is 26.9 Å². The fourth-order valence-electron chi connectivity index (χ4n) is 3.54. The number of nitrogens with zero attached hydrogens (tertiary/aromatic N) is 4. The smallest absolute Gasteiger partial charge is 0.243 e.